The molecular weight excluding hydrogens is 570 g/mol. The molecule has 0 fully saturated rings. The molecule has 0 aliphatic carbocycles. The van der Waals surface area contributed by atoms with Crippen LogP contribution in [0.1, 0.15) is 64.7 Å². The fraction of sp³-hybridized carbons (Fsp3) is 0.297. The first-order chi connectivity index (χ1) is 20.0. The van der Waals surface area contributed by atoms with Gasteiger partial charge in [-0.1, -0.05) is 123 Å². The average Bonchev–Trinajstić information content (AvgIpc) is 3.33. The summed E-state index contributed by atoms with van der Waals surface area (Å²) in [4.78, 5) is 22.5. The number of hydrogen-bond acceptors (Lipinski definition) is 2. The normalized spacial score (nSPS) is 13.9. The van der Waals surface area contributed by atoms with Gasteiger partial charge in [-0.05, 0) is 85.9 Å². The second-order valence-corrected chi connectivity index (χ2v) is 12.2. The third kappa shape index (κ3) is 7.42. The molecule has 1 heterocycles. The van der Waals surface area contributed by atoms with Crippen LogP contribution in [0.2, 0.25) is 0 Å². The number of alkyl halides is 1. The topological polar surface area (TPSA) is 46.2 Å². The van der Waals surface area contributed by atoms with E-state index in [4.69, 9.17) is 0 Å². The van der Waals surface area contributed by atoms with Crippen LogP contribution in [0, 0.1) is 0 Å². The summed E-state index contributed by atoms with van der Waals surface area (Å²) >= 11 is 3.49. The molecule has 1 aliphatic rings. The summed E-state index contributed by atoms with van der Waals surface area (Å²) in [7, 11) is 0. The van der Waals surface area contributed by atoms with Gasteiger partial charge >= 0.3 is 0 Å². The lowest BCUT2D eigenvalue weighted by atomic mass is 9.97. The Morgan fingerprint density at radius 3 is 1.37 bits per heavy atom. The molecule has 5 aromatic carbocycles. The Hall–Kier alpha value is -3.50. The van der Waals surface area contributed by atoms with E-state index < -0.39 is 0 Å². The fourth-order valence-electron chi connectivity index (χ4n) is 5.66. The van der Waals surface area contributed by atoms with Gasteiger partial charge in [-0.15, -0.1) is 0 Å². The van der Waals surface area contributed by atoms with Crippen LogP contribution in [-0.2, 0) is 9.59 Å². The smallest absolute Gasteiger partial charge is 0.255 e. The lowest BCUT2D eigenvalue weighted by molar-refractivity contribution is -0.123. The second kappa shape index (κ2) is 13.9. The van der Waals surface area contributed by atoms with Gasteiger partial charge in [-0.25, -0.2) is 0 Å². The molecule has 1 unspecified atom stereocenters. The van der Waals surface area contributed by atoms with E-state index in [2.05, 4.69) is 113 Å². The molecule has 0 spiro atoms. The Morgan fingerprint density at radius 1 is 0.585 bits per heavy atom. The van der Waals surface area contributed by atoms with E-state index in [1.807, 2.05) is 0 Å². The standard InChI is InChI=1S/C22H14.C15H24BrNO2/c1-2-6-16-10-20-14-22-12-18-8-4-3-7-17(18)11-21(22)13-19(20)9-15(16)5-1;1-2-3-4-5-6-7-8-9-10-13(16)12-11-14(18)17-15(12)19/h1-14H;11,13H,2-10H2,1H3,(H,17,18,19). The zero-order chi connectivity index (χ0) is 28.6. The zero-order valence-corrected chi connectivity index (χ0v) is 25.4. The van der Waals surface area contributed by atoms with Crippen LogP contribution in [-0.4, -0.2) is 16.6 Å². The molecule has 3 nitrogen and oxygen atoms in total. The van der Waals surface area contributed by atoms with Crippen LogP contribution in [0.15, 0.2) is 96.6 Å². The fourth-order valence-corrected chi connectivity index (χ4v) is 6.32. The first-order valence-corrected chi connectivity index (χ1v) is 15.9. The van der Waals surface area contributed by atoms with Crippen molar-refractivity contribution < 1.29 is 9.59 Å². The molecule has 0 aromatic heterocycles. The molecule has 0 saturated heterocycles. The number of rotatable bonds is 10. The molecular formula is C37H38BrNO2. The number of halogens is 1. The monoisotopic (exact) mass is 607 g/mol. The third-order valence-electron chi connectivity index (χ3n) is 7.96. The molecule has 1 atom stereocenters. The van der Waals surface area contributed by atoms with E-state index in [9.17, 15) is 9.59 Å². The van der Waals surface area contributed by atoms with Crippen molar-refractivity contribution >= 4 is 70.8 Å². The highest BCUT2D eigenvalue weighted by molar-refractivity contribution is 9.09. The van der Waals surface area contributed by atoms with Gasteiger partial charge in [0.25, 0.3) is 11.8 Å². The van der Waals surface area contributed by atoms with Gasteiger partial charge in [0.2, 0.25) is 0 Å². The van der Waals surface area contributed by atoms with Crippen molar-refractivity contribution in [2.24, 2.45) is 0 Å². The van der Waals surface area contributed by atoms with Crippen molar-refractivity contribution in [3.63, 3.8) is 0 Å². The van der Waals surface area contributed by atoms with Crippen LogP contribution in [0.5, 0.6) is 0 Å². The van der Waals surface area contributed by atoms with Gasteiger partial charge < -0.3 is 0 Å². The summed E-state index contributed by atoms with van der Waals surface area (Å²) in [6.07, 6.45) is 12.6. The summed E-state index contributed by atoms with van der Waals surface area (Å²) in [5, 5.41) is 12.7. The predicted octanol–water partition coefficient (Wildman–Crippen LogP) is 10.2. The molecule has 0 radical (unpaired) electrons. The Bertz CT molecular complexity index is 1540. The lowest BCUT2D eigenvalue weighted by Gasteiger charge is -2.09. The quantitative estimate of drug-likeness (QED) is 0.0742. The zero-order valence-electron chi connectivity index (χ0n) is 23.8. The molecule has 41 heavy (non-hydrogen) atoms. The molecule has 0 bridgehead atoms. The maximum absolute atomic E-state index is 11.4. The Labute approximate surface area is 251 Å². The van der Waals surface area contributed by atoms with Crippen molar-refractivity contribution in [1.82, 2.24) is 5.32 Å². The van der Waals surface area contributed by atoms with Crippen molar-refractivity contribution in [3.8, 4) is 0 Å². The summed E-state index contributed by atoms with van der Waals surface area (Å²) < 4.78 is 0. The number of unbranched alkanes of at least 4 members (excludes halogenated alkanes) is 7. The summed E-state index contributed by atoms with van der Waals surface area (Å²) in [6, 6.07) is 30.9. The Balaban J connectivity index is 0.000000167. The van der Waals surface area contributed by atoms with E-state index in [-0.39, 0.29) is 16.6 Å². The van der Waals surface area contributed by atoms with Crippen LogP contribution in [0.25, 0.3) is 43.1 Å². The van der Waals surface area contributed by atoms with Crippen LogP contribution in [0.3, 0.4) is 0 Å². The number of imide groups is 1. The molecule has 1 N–H and O–H groups in total. The van der Waals surface area contributed by atoms with E-state index >= 15 is 0 Å². The highest BCUT2D eigenvalue weighted by atomic mass is 79.9. The second-order valence-electron chi connectivity index (χ2n) is 11.1. The first kappa shape index (κ1) is 29.0. The molecule has 0 saturated carbocycles. The third-order valence-corrected chi connectivity index (χ3v) is 8.91. The van der Waals surface area contributed by atoms with Crippen LogP contribution in [0.4, 0.5) is 0 Å². The Morgan fingerprint density at radius 2 is 0.976 bits per heavy atom. The van der Waals surface area contributed by atoms with E-state index in [1.165, 1.54) is 94.1 Å². The maximum Gasteiger partial charge on any atom is 0.255 e. The maximum atomic E-state index is 11.4. The number of benzene rings is 5. The van der Waals surface area contributed by atoms with Crippen LogP contribution >= 0.6 is 15.9 Å². The highest BCUT2D eigenvalue weighted by Gasteiger charge is 2.25. The number of carbonyl (C=O) groups excluding carboxylic acids is 2. The Kier molecular flexibility index (Phi) is 9.84. The van der Waals surface area contributed by atoms with Gasteiger partial charge in [0, 0.05) is 16.5 Å². The molecule has 1 aliphatic heterocycles. The highest BCUT2D eigenvalue weighted by Crippen LogP contribution is 2.30. The van der Waals surface area contributed by atoms with Gasteiger partial charge in [-0.3, -0.25) is 14.9 Å². The minimum Gasteiger partial charge on any atom is -0.289 e. The van der Waals surface area contributed by atoms with E-state index in [0.29, 0.717) is 5.57 Å². The predicted molar refractivity (Wildman–Crippen MR) is 178 cm³/mol. The number of fused-ring (bicyclic) bond motifs is 4. The van der Waals surface area contributed by atoms with Gasteiger partial charge in [0.05, 0.1) is 0 Å². The summed E-state index contributed by atoms with van der Waals surface area (Å²) in [5.41, 5.74) is 0.577. The lowest BCUT2D eigenvalue weighted by Crippen LogP contribution is -2.24. The van der Waals surface area contributed by atoms with Crippen molar-refractivity contribution in [2.75, 3.05) is 0 Å². The minimum absolute atomic E-state index is 0.0130. The van der Waals surface area contributed by atoms with Crippen molar-refractivity contribution in [2.45, 2.75) is 69.5 Å². The molecule has 210 valence electrons. The first-order valence-electron chi connectivity index (χ1n) is 15.0. The molecule has 5 aromatic rings. The van der Waals surface area contributed by atoms with E-state index in [0.717, 1.165) is 12.8 Å². The molecule has 4 heteroatoms. The van der Waals surface area contributed by atoms with Crippen LogP contribution < -0.4 is 5.32 Å². The summed E-state index contributed by atoms with van der Waals surface area (Å²) in [5.74, 6) is -0.535. The number of nitrogens with one attached hydrogen (secondary N) is 1. The minimum atomic E-state index is -0.291. The van der Waals surface area contributed by atoms with Crippen molar-refractivity contribution in [1.29, 1.82) is 0 Å². The number of amides is 2. The molecule has 6 rings (SSSR count). The number of hydrogen-bond donors (Lipinski definition) is 1. The van der Waals surface area contributed by atoms with Gasteiger partial charge in [0.1, 0.15) is 0 Å². The SMILES string of the molecule is CCCCCCCCCCC(Br)C1=CC(=O)NC1=O.c1ccc2cc3cc4cc5ccccc5cc4cc3cc2c1. The molecule has 2 amide bonds. The van der Waals surface area contributed by atoms with Crippen molar-refractivity contribution in [3.05, 3.63) is 96.6 Å². The summed E-state index contributed by atoms with van der Waals surface area (Å²) in [6.45, 7) is 2.23. The average molecular weight is 609 g/mol. The largest absolute Gasteiger partial charge is 0.289 e. The van der Waals surface area contributed by atoms with Gasteiger partial charge in [-0.2, -0.15) is 0 Å². The number of carbonyl (C=O) groups is 2. The van der Waals surface area contributed by atoms with Gasteiger partial charge in [0.15, 0.2) is 0 Å². The van der Waals surface area contributed by atoms with E-state index in [1.54, 1.807) is 0 Å².